The number of nitrogens with zero attached hydrogens (tertiary/aromatic N) is 3. The van der Waals surface area contributed by atoms with E-state index in [1.54, 1.807) is 19.8 Å². The standard InChI is InChI=1S/C10H20N4O/c1-9(4-5-15-3)13-10(2)6-14-8-11-7-12-14/h7-10,13H,4-6H2,1-3H3. The van der Waals surface area contributed by atoms with Crippen LogP contribution in [0.15, 0.2) is 12.7 Å². The van der Waals surface area contributed by atoms with E-state index in [2.05, 4.69) is 29.2 Å². The fraction of sp³-hybridized carbons (Fsp3) is 0.800. The summed E-state index contributed by atoms with van der Waals surface area (Å²) >= 11 is 0. The summed E-state index contributed by atoms with van der Waals surface area (Å²) in [5, 5.41) is 7.55. The van der Waals surface area contributed by atoms with Crippen molar-refractivity contribution in [3.63, 3.8) is 0 Å². The minimum absolute atomic E-state index is 0.388. The van der Waals surface area contributed by atoms with Crippen LogP contribution in [0, 0.1) is 0 Å². The second-order valence-corrected chi connectivity index (χ2v) is 3.87. The first-order chi connectivity index (χ1) is 7.22. The molecule has 15 heavy (non-hydrogen) atoms. The van der Waals surface area contributed by atoms with E-state index in [9.17, 15) is 0 Å². The van der Waals surface area contributed by atoms with Crippen LogP contribution in [0.3, 0.4) is 0 Å². The third-order valence-corrected chi connectivity index (χ3v) is 2.25. The van der Waals surface area contributed by atoms with Crippen LogP contribution in [0.4, 0.5) is 0 Å². The fourth-order valence-electron chi connectivity index (χ4n) is 1.52. The van der Waals surface area contributed by atoms with E-state index in [1.807, 2.05) is 4.68 Å². The Bertz CT molecular complexity index is 250. The van der Waals surface area contributed by atoms with Crippen molar-refractivity contribution in [1.82, 2.24) is 20.1 Å². The van der Waals surface area contributed by atoms with Gasteiger partial charge in [0.1, 0.15) is 12.7 Å². The number of nitrogens with one attached hydrogen (secondary N) is 1. The molecule has 0 spiro atoms. The Labute approximate surface area is 90.8 Å². The molecule has 0 bridgehead atoms. The van der Waals surface area contributed by atoms with E-state index >= 15 is 0 Å². The quantitative estimate of drug-likeness (QED) is 0.722. The topological polar surface area (TPSA) is 52.0 Å². The highest BCUT2D eigenvalue weighted by Crippen LogP contribution is 1.95. The fourth-order valence-corrected chi connectivity index (χ4v) is 1.52. The lowest BCUT2D eigenvalue weighted by Gasteiger charge is -2.19. The van der Waals surface area contributed by atoms with Gasteiger partial charge in [0.15, 0.2) is 0 Å². The van der Waals surface area contributed by atoms with Gasteiger partial charge >= 0.3 is 0 Å². The van der Waals surface area contributed by atoms with Crippen LogP contribution in [0.2, 0.25) is 0 Å². The number of ether oxygens (including phenoxy) is 1. The molecule has 86 valence electrons. The molecule has 0 aliphatic rings. The molecular formula is C10H20N4O. The number of hydrogen-bond acceptors (Lipinski definition) is 4. The highest BCUT2D eigenvalue weighted by molar-refractivity contribution is 4.68. The molecule has 0 saturated heterocycles. The number of aromatic nitrogens is 3. The minimum atomic E-state index is 0.388. The van der Waals surface area contributed by atoms with Crippen molar-refractivity contribution < 1.29 is 4.74 Å². The van der Waals surface area contributed by atoms with Crippen LogP contribution in [0.5, 0.6) is 0 Å². The molecule has 0 amide bonds. The molecular weight excluding hydrogens is 192 g/mol. The molecule has 1 aromatic rings. The molecule has 0 fully saturated rings. The zero-order valence-corrected chi connectivity index (χ0v) is 9.68. The Morgan fingerprint density at radius 1 is 1.40 bits per heavy atom. The monoisotopic (exact) mass is 212 g/mol. The third kappa shape index (κ3) is 4.90. The SMILES string of the molecule is COCCC(C)NC(C)Cn1cncn1. The van der Waals surface area contributed by atoms with Crippen LogP contribution >= 0.6 is 0 Å². The predicted octanol–water partition coefficient (Wildman–Crippen LogP) is 0.681. The van der Waals surface area contributed by atoms with E-state index in [0.717, 1.165) is 19.6 Å². The molecule has 1 rings (SSSR count). The maximum atomic E-state index is 5.03. The summed E-state index contributed by atoms with van der Waals surface area (Å²) < 4.78 is 6.87. The smallest absolute Gasteiger partial charge is 0.137 e. The van der Waals surface area contributed by atoms with Gasteiger partial charge in [0.05, 0.1) is 6.54 Å². The van der Waals surface area contributed by atoms with E-state index < -0.39 is 0 Å². The van der Waals surface area contributed by atoms with Crippen LogP contribution in [0.25, 0.3) is 0 Å². The first-order valence-corrected chi connectivity index (χ1v) is 5.29. The van der Waals surface area contributed by atoms with Crippen LogP contribution in [0.1, 0.15) is 20.3 Å². The van der Waals surface area contributed by atoms with Crippen molar-refractivity contribution in [2.75, 3.05) is 13.7 Å². The summed E-state index contributed by atoms with van der Waals surface area (Å²) in [4.78, 5) is 3.91. The Kier molecular flexibility index (Phi) is 5.28. The second-order valence-electron chi connectivity index (χ2n) is 3.87. The van der Waals surface area contributed by atoms with Crippen molar-refractivity contribution in [3.05, 3.63) is 12.7 Å². The Hall–Kier alpha value is -0.940. The molecule has 1 heterocycles. The molecule has 0 aliphatic carbocycles. The number of hydrogen-bond donors (Lipinski definition) is 1. The molecule has 5 heteroatoms. The molecule has 2 unspecified atom stereocenters. The highest BCUT2D eigenvalue weighted by Gasteiger charge is 2.07. The first-order valence-electron chi connectivity index (χ1n) is 5.29. The summed E-state index contributed by atoms with van der Waals surface area (Å²) in [5.74, 6) is 0. The Morgan fingerprint density at radius 3 is 2.80 bits per heavy atom. The van der Waals surface area contributed by atoms with Gasteiger partial charge in [0.2, 0.25) is 0 Å². The van der Waals surface area contributed by atoms with Gasteiger partial charge < -0.3 is 10.1 Å². The van der Waals surface area contributed by atoms with Gasteiger partial charge in [-0.2, -0.15) is 5.10 Å². The van der Waals surface area contributed by atoms with Crippen molar-refractivity contribution >= 4 is 0 Å². The molecule has 0 aliphatic heterocycles. The van der Waals surface area contributed by atoms with Crippen molar-refractivity contribution in [2.24, 2.45) is 0 Å². The van der Waals surface area contributed by atoms with E-state index in [1.165, 1.54) is 0 Å². The lowest BCUT2D eigenvalue weighted by atomic mass is 10.2. The molecule has 0 saturated carbocycles. The van der Waals surface area contributed by atoms with Gasteiger partial charge in [-0.25, -0.2) is 4.98 Å². The molecule has 5 nitrogen and oxygen atoms in total. The summed E-state index contributed by atoms with van der Waals surface area (Å²) in [6, 6.07) is 0.849. The average molecular weight is 212 g/mol. The van der Waals surface area contributed by atoms with Crippen molar-refractivity contribution in [2.45, 2.75) is 38.9 Å². The largest absolute Gasteiger partial charge is 0.385 e. The molecule has 2 atom stereocenters. The number of methoxy groups -OCH3 is 1. The highest BCUT2D eigenvalue weighted by atomic mass is 16.5. The van der Waals surface area contributed by atoms with Gasteiger partial charge in [-0.05, 0) is 20.3 Å². The molecule has 0 radical (unpaired) electrons. The molecule has 1 aromatic heterocycles. The van der Waals surface area contributed by atoms with E-state index in [0.29, 0.717) is 12.1 Å². The summed E-state index contributed by atoms with van der Waals surface area (Å²) in [7, 11) is 1.73. The molecule has 0 aromatic carbocycles. The van der Waals surface area contributed by atoms with Crippen LogP contribution in [-0.2, 0) is 11.3 Å². The third-order valence-electron chi connectivity index (χ3n) is 2.25. The van der Waals surface area contributed by atoms with E-state index in [-0.39, 0.29) is 0 Å². The van der Waals surface area contributed by atoms with E-state index in [4.69, 9.17) is 4.74 Å². The van der Waals surface area contributed by atoms with Gasteiger partial charge in [0.25, 0.3) is 0 Å². The van der Waals surface area contributed by atoms with Gasteiger partial charge in [-0.3, -0.25) is 4.68 Å². The first kappa shape index (κ1) is 12.1. The average Bonchev–Trinajstić information content (AvgIpc) is 2.67. The number of rotatable bonds is 7. The predicted molar refractivity (Wildman–Crippen MR) is 58.6 cm³/mol. The summed E-state index contributed by atoms with van der Waals surface area (Å²) in [5.41, 5.74) is 0. The summed E-state index contributed by atoms with van der Waals surface area (Å²) in [6.07, 6.45) is 4.32. The van der Waals surface area contributed by atoms with Gasteiger partial charge in [-0.15, -0.1) is 0 Å². The second kappa shape index (κ2) is 6.53. The van der Waals surface area contributed by atoms with Gasteiger partial charge in [-0.1, -0.05) is 0 Å². The zero-order chi connectivity index (χ0) is 11.1. The lowest BCUT2D eigenvalue weighted by Crippen LogP contribution is -2.38. The van der Waals surface area contributed by atoms with Crippen molar-refractivity contribution in [1.29, 1.82) is 0 Å². The van der Waals surface area contributed by atoms with Crippen LogP contribution < -0.4 is 5.32 Å². The molecule has 1 N–H and O–H groups in total. The maximum absolute atomic E-state index is 5.03. The normalized spacial score (nSPS) is 15.1. The van der Waals surface area contributed by atoms with Crippen LogP contribution in [-0.4, -0.2) is 40.6 Å². The Balaban J connectivity index is 2.20. The summed E-state index contributed by atoms with van der Waals surface area (Å²) in [6.45, 7) is 5.95. The van der Waals surface area contributed by atoms with Gasteiger partial charge in [0, 0.05) is 25.8 Å². The maximum Gasteiger partial charge on any atom is 0.137 e. The lowest BCUT2D eigenvalue weighted by molar-refractivity contribution is 0.182. The zero-order valence-electron chi connectivity index (χ0n) is 9.68. The minimum Gasteiger partial charge on any atom is -0.385 e. The van der Waals surface area contributed by atoms with Crippen molar-refractivity contribution in [3.8, 4) is 0 Å². The Morgan fingerprint density at radius 2 is 2.20 bits per heavy atom.